The van der Waals surface area contributed by atoms with Gasteiger partial charge in [-0.15, -0.1) is 0 Å². The molecule has 2 amide bonds. The molecule has 0 aliphatic rings. The zero-order valence-corrected chi connectivity index (χ0v) is 25.6. The molecular formula is C29H33BrClN3O4S. The standard InChI is InChI=1S/C29H33BrClN3O4S/c1-20(2)32-29(36)27(16-22-9-6-5-7-10-22)33(18-23-11-8-12-24(30)15-23)28(35)19-34(39(4,37)38)25-14-13-21(3)26(31)17-25/h5-15,17,20,27H,16,18-19H2,1-4H3,(H,32,36)/t27-/m1/s1. The number of rotatable bonds is 11. The number of sulfonamides is 1. The van der Waals surface area contributed by atoms with Gasteiger partial charge in [0.05, 0.1) is 11.9 Å². The number of hydrogen-bond acceptors (Lipinski definition) is 4. The number of carbonyl (C=O) groups excluding carboxylic acids is 2. The Morgan fingerprint density at radius 1 is 0.974 bits per heavy atom. The lowest BCUT2D eigenvalue weighted by atomic mass is 10.0. The van der Waals surface area contributed by atoms with E-state index in [9.17, 15) is 18.0 Å². The van der Waals surface area contributed by atoms with Crippen molar-refractivity contribution in [2.45, 2.75) is 45.8 Å². The molecule has 3 rings (SSSR count). The molecule has 39 heavy (non-hydrogen) atoms. The molecule has 0 spiro atoms. The summed E-state index contributed by atoms with van der Waals surface area (Å²) >= 11 is 9.75. The molecular weight excluding hydrogens is 602 g/mol. The van der Waals surface area contributed by atoms with Crippen LogP contribution in [-0.4, -0.2) is 50.0 Å². The Balaban J connectivity index is 2.07. The first-order valence-electron chi connectivity index (χ1n) is 12.5. The van der Waals surface area contributed by atoms with E-state index < -0.39 is 28.5 Å². The molecule has 10 heteroatoms. The van der Waals surface area contributed by atoms with E-state index >= 15 is 0 Å². The van der Waals surface area contributed by atoms with E-state index in [2.05, 4.69) is 21.2 Å². The molecule has 1 N–H and O–H groups in total. The van der Waals surface area contributed by atoms with Gasteiger partial charge in [-0.3, -0.25) is 13.9 Å². The number of aryl methyl sites for hydroxylation is 1. The Morgan fingerprint density at radius 3 is 2.23 bits per heavy atom. The molecule has 1 atom stereocenters. The summed E-state index contributed by atoms with van der Waals surface area (Å²) in [5.74, 6) is -0.835. The van der Waals surface area contributed by atoms with Crippen LogP contribution in [0.3, 0.4) is 0 Å². The van der Waals surface area contributed by atoms with Gasteiger partial charge in [0.15, 0.2) is 0 Å². The number of carbonyl (C=O) groups is 2. The first-order chi connectivity index (χ1) is 18.3. The van der Waals surface area contributed by atoms with Crippen LogP contribution in [0.25, 0.3) is 0 Å². The summed E-state index contributed by atoms with van der Waals surface area (Å²) in [5, 5.41) is 3.32. The third-order valence-corrected chi connectivity index (χ3v) is 8.11. The van der Waals surface area contributed by atoms with E-state index in [1.54, 1.807) is 12.1 Å². The van der Waals surface area contributed by atoms with Crippen molar-refractivity contribution >= 4 is 55.1 Å². The summed E-state index contributed by atoms with van der Waals surface area (Å²) in [6.45, 7) is 5.12. The maximum atomic E-state index is 14.0. The smallest absolute Gasteiger partial charge is 0.244 e. The van der Waals surface area contributed by atoms with Crippen LogP contribution in [0.2, 0.25) is 5.02 Å². The van der Waals surface area contributed by atoms with E-state index in [0.717, 1.165) is 31.7 Å². The van der Waals surface area contributed by atoms with Crippen LogP contribution in [0.15, 0.2) is 77.3 Å². The van der Waals surface area contributed by atoms with Crippen molar-refractivity contribution in [3.8, 4) is 0 Å². The number of nitrogens with one attached hydrogen (secondary N) is 1. The minimum atomic E-state index is -3.86. The molecule has 0 unspecified atom stereocenters. The predicted molar refractivity (Wildman–Crippen MR) is 160 cm³/mol. The van der Waals surface area contributed by atoms with Gasteiger partial charge in [-0.1, -0.05) is 76.1 Å². The lowest BCUT2D eigenvalue weighted by molar-refractivity contribution is -0.140. The maximum Gasteiger partial charge on any atom is 0.244 e. The van der Waals surface area contributed by atoms with Gasteiger partial charge < -0.3 is 10.2 Å². The molecule has 0 saturated carbocycles. The van der Waals surface area contributed by atoms with Crippen LogP contribution in [0, 0.1) is 6.92 Å². The molecule has 0 heterocycles. The van der Waals surface area contributed by atoms with Gasteiger partial charge in [0.1, 0.15) is 12.6 Å². The second kappa shape index (κ2) is 13.5. The number of nitrogens with zero attached hydrogens (tertiary/aromatic N) is 2. The van der Waals surface area contributed by atoms with E-state index in [4.69, 9.17) is 11.6 Å². The van der Waals surface area contributed by atoms with Crippen LogP contribution in [0.5, 0.6) is 0 Å². The zero-order chi connectivity index (χ0) is 28.7. The molecule has 3 aromatic rings. The quantitative estimate of drug-likeness (QED) is 0.309. The molecule has 0 aliphatic carbocycles. The minimum absolute atomic E-state index is 0.105. The predicted octanol–water partition coefficient (Wildman–Crippen LogP) is 5.34. The number of amides is 2. The third-order valence-electron chi connectivity index (χ3n) is 6.07. The molecule has 0 fully saturated rings. The highest BCUT2D eigenvalue weighted by Crippen LogP contribution is 2.26. The Bertz CT molecular complexity index is 1420. The second-order valence-electron chi connectivity index (χ2n) is 9.72. The van der Waals surface area contributed by atoms with E-state index in [0.29, 0.717) is 5.02 Å². The van der Waals surface area contributed by atoms with Crippen molar-refractivity contribution in [3.05, 3.63) is 99.0 Å². The fourth-order valence-corrected chi connectivity index (χ4v) is 5.58. The molecule has 0 bridgehead atoms. The molecule has 0 aromatic heterocycles. The Kier molecular flexibility index (Phi) is 10.6. The lowest BCUT2D eigenvalue weighted by Gasteiger charge is -2.34. The second-order valence-corrected chi connectivity index (χ2v) is 13.0. The topological polar surface area (TPSA) is 86.8 Å². The highest BCUT2D eigenvalue weighted by atomic mass is 79.9. The van der Waals surface area contributed by atoms with E-state index in [1.807, 2.05) is 75.4 Å². The van der Waals surface area contributed by atoms with Gasteiger partial charge in [-0.2, -0.15) is 0 Å². The molecule has 208 valence electrons. The molecule has 0 radical (unpaired) electrons. The van der Waals surface area contributed by atoms with E-state index in [1.165, 1.54) is 11.0 Å². The third kappa shape index (κ3) is 8.81. The summed E-state index contributed by atoms with van der Waals surface area (Å²) in [5.41, 5.74) is 2.72. The van der Waals surface area contributed by atoms with Crippen LogP contribution >= 0.6 is 27.5 Å². The molecule has 7 nitrogen and oxygen atoms in total. The summed E-state index contributed by atoms with van der Waals surface area (Å²) in [6.07, 6.45) is 1.30. The Labute approximate surface area is 244 Å². The Hall–Kier alpha value is -2.88. The SMILES string of the molecule is Cc1ccc(N(CC(=O)N(Cc2cccc(Br)c2)[C@H](Cc2ccccc2)C(=O)NC(C)C)S(C)(=O)=O)cc1Cl. The number of hydrogen-bond donors (Lipinski definition) is 1. The van der Waals surface area contributed by atoms with Crippen LogP contribution in [-0.2, 0) is 32.6 Å². The number of benzene rings is 3. The van der Waals surface area contributed by atoms with Crippen molar-refractivity contribution in [3.63, 3.8) is 0 Å². The normalized spacial score (nSPS) is 12.2. The fourth-order valence-electron chi connectivity index (χ4n) is 4.12. The van der Waals surface area contributed by atoms with Crippen LogP contribution < -0.4 is 9.62 Å². The van der Waals surface area contributed by atoms with Crippen molar-refractivity contribution in [2.75, 3.05) is 17.1 Å². The maximum absolute atomic E-state index is 14.0. The highest BCUT2D eigenvalue weighted by Gasteiger charge is 2.33. The number of halogens is 2. The Morgan fingerprint density at radius 2 is 1.64 bits per heavy atom. The van der Waals surface area contributed by atoms with Crippen molar-refractivity contribution < 1.29 is 18.0 Å². The summed E-state index contributed by atoms with van der Waals surface area (Å²) in [6, 6.07) is 20.7. The van der Waals surface area contributed by atoms with Gasteiger partial charge >= 0.3 is 0 Å². The average molecular weight is 635 g/mol. The number of anilines is 1. The van der Waals surface area contributed by atoms with Gasteiger partial charge in [0, 0.05) is 28.5 Å². The first kappa shape index (κ1) is 30.7. The van der Waals surface area contributed by atoms with E-state index in [-0.39, 0.29) is 30.6 Å². The van der Waals surface area contributed by atoms with Gasteiger partial charge in [-0.05, 0) is 61.7 Å². The molecule has 3 aromatic carbocycles. The summed E-state index contributed by atoms with van der Waals surface area (Å²) < 4.78 is 27.6. The summed E-state index contributed by atoms with van der Waals surface area (Å²) in [7, 11) is -3.86. The van der Waals surface area contributed by atoms with Crippen molar-refractivity contribution in [2.24, 2.45) is 0 Å². The lowest BCUT2D eigenvalue weighted by Crippen LogP contribution is -2.54. The molecule has 0 saturated heterocycles. The first-order valence-corrected chi connectivity index (χ1v) is 15.5. The minimum Gasteiger partial charge on any atom is -0.352 e. The van der Waals surface area contributed by atoms with Gasteiger partial charge in [0.2, 0.25) is 21.8 Å². The highest BCUT2D eigenvalue weighted by molar-refractivity contribution is 9.10. The van der Waals surface area contributed by atoms with Crippen LogP contribution in [0.1, 0.15) is 30.5 Å². The zero-order valence-electron chi connectivity index (χ0n) is 22.4. The average Bonchev–Trinajstić information content (AvgIpc) is 2.86. The van der Waals surface area contributed by atoms with Gasteiger partial charge in [0.25, 0.3) is 0 Å². The largest absolute Gasteiger partial charge is 0.352 e. The van der Waals surface area contributed by atoms with Crippen LogP contribution in [0.4, 0.5) is 5.69 Å². The summed E-state index contributed by atoms with van der Waals surface area (Å²) in [4.78, 5) is 29.0. The van der Waals surface area contributed by atoms with Crippen molar-refractivity contribution in [1.29, 1.82) is 0 Å². The fraction of sp³-hybridized carbons (Fsp3) is 0.310. The van der Waals surface area contributed by atoms with Crippen molar-refractivity contribution in [1.82, 2.24) is 10.2 Å². The van der Waals surface area contributed by atoms with Gasteiger partial charge in [-0.25, -0.2) is 8.42 Å². The monoisotopic (exact) mass is 633 g/mol. The molecule has 0 aliphatic heterocycles.